The molecule has 1 fully saturated rings. The van der Waals surface area contributed by atoms with Crippen LogP contribution < -0.4 is 15.0 Å². The largest absolute Gasteiger partial charge is 0.369 e. The molecule has 3 heterocycles. The smallest absolute Gasteiger partial charge is 0.274 e. The van der Waals surface area contributed by atoms with Gasteiger partial charge in [-0.2, -0.15) is 0 Å². The lowest BCUT2D eigenvalue weighted by atomic mass is 10.2. The molecule has 1 saturated heterocycles. The van der Waals surface area contributed by atoms with Gasteiger partial charge >= 0.3 is 0 Å². The number of fused-ring (bicyclic) bond motifs is 3. The zero-order valence-corrected chi connectivity index (χ0v) is 14.8. The third kappa shape index (κ3) is 2.41. The van der Waals surface area contributed by atoms with Crippen LogP contribution in [0.3, 0.4) is 0 Å². The minimum absolute atomic E-state index is 0.109. The van der Waals surface area contributed by atoms with E-state index in [0.29, 0.717) is 20.7 Å². The molecule has 0 radical (unpaired) electrons. The highest BCUT2D eigenvalue weighted by molar-refractivity contribution is 7.15. The van der Waals surface area contributed by atoms with Gasteiger partial charge in [-0.15, -0.1) is 0 Å². The van der Waals surface area contributed by atoms with Crippen LogP contribution in [-0.4, -0.2) is 22.5 Å². The molecule has 5 rings (SSSR count). The molecule has 0 N–H and O–H groups in total. The average molecular weight is 365 g/mol. The lowest BCUT2D eigenvalue weighted by Gasteiger charge is -2.18. The van der Waals surface area contributed by atoms with Gasteiger partial charge in [0.25, 0.3) is 5.56 Å². The number of hydrogen-bond donors (Lipinski definition) is 0. The molecule has 0 aliphatic carbocycles. The maximum Gasteiger partial charge on any atom is 0.274 e. The van der Waals surface area contributed by atoms with Crippen LogP contribution in [0.25, 0.3) is 22.1 Å². The Morgan fingerprint density at radius 2 is 1.92 bits per heavy atom. The predicted molar refractivity (Wildman–Crippen MR) is 103 cm³/mol. The van der Waals surface area contributed by atoms with Gasteiger partial charge in [0.15, 0.2) is 4.96 Å². The van der Waals surface area contributed by atoms with E-state index in [1.165, 1.54) is 17.4 Å². The molecular formula is C20H16FN3OS. The molecule has 2 aromatic heterocycles. The number of imidazole rings is 1. The summed E-state index contributed by atoms with van der Waals surface area (Å²) in [7, 11) is 0. The van der Waals surface area contributed by atoms with Crippen LogP contribution in [0.15, 0.2) is 47.3 Å². The zero-order valence-electron chi connectivity index (χ0n) is 14.0. The Labute approximate surface area is 152 Å². The highest BCUT2D eigenvalue weighted by atomic mass is 32.1. The summed E-state index contributed by atoms with van der Waals surface area (Å²) in [5, 5.41) is 0. The number of halogens is 1. The quantitative estimate of drug-likeness (QED) is 0.548. The molecule has 1 aliphatic heterocycles. The molecule has 4 nitrogen and oxygen atoms in total. The second kappa shape index (κ2) is 5.92. The molecule has 0 spiro atoms. The standard InChI is InChI=1S/C20H16FN3OS/c21-14-11-13(7-8-16(14)23-9-3-4-10-23)12-18-19(25)24-17-6-2-1-5-15(17)22-20(24)26-18/h1-2,5-8,11-12H,3-4,9-10H2/b18-12+. The Morgan fingerprint density at radius 1 is 1.12 bits per heavy atom. The van der Waals surface area contributed by atoms with Crippen molar-refractivity contribution in [3.05, 3.63) is 68.7 Å². The zero-order chi connectivity index (χ0) is 17.7. The lowest BCUT2D eigenvalue weighted by molar-refractivity contribution is 0.623. The summed E-state index contributed by atoms with van der Waals surface area (Å²) in [4.78, 5) is 20.0. The van der Waals surface area contributed by atoms with Crippen molar-refractivity contribution in [2.45, 2.75) is 12.8 Å². The molecule has 0 atom stereocenters. The van der Waals surface area contributed by atoms with Gasteiger partial charge in [0, 0.05) is 13.1 Å². The number of anilines is 1. The average Bonchev–Trinajstić information content (AvgIpc) is 3.33. The number of aromatic nitrogens is 2. The molecule has 4 aromatic rings. The highest BCUT2D eigenvalue weighted by Gasteiger charge is 2.16. The van der Waals surface area contributed by atoms with Crippen LogP contribution in [-0.2, 0) is 0 Å². The first-order valence-electron chi connectivity index (χ1n) is 8.67. The summed E-state index contributed by atoms with van der Waals surface area (Å²) >= 11 is 1.33. The number of rotatable bonds is 2. The van der Waals surface area contributed by atoms with Crippen molar-refractivity contribution in [3.8, 4) is 0 Å². The summed E-state index contributed by atoms with van der Waals surface area (Å²) in [6, 6.07) is 12.8. The van der Waals surface area contributed by atoms with Crippen LogP contribution in [0.1, 0.15) is 18.4 Å². The van der Waals surface area contributed by atoms with E-state index in [9.17, 15) is 9.18 Å². The third-order valence-electron chi connectivity index (χ3n) is 4.86. The molecular weight excluding hydrogens is 349 g/mol. The van der Waals surface area contributed by atoms with E-state index in [0.717, 1.165) is 37.0 Å². The summed E-state index contributed by atoms with van der Waals surface area (Å²) < 4.78 is 16.7. The molecule has 0 amide bonds. The van der Waals surface area contributed by atoms with Crippen molar-refractivity contribution in [1.29, 1.82) is 0 Å². The topological polar surface area (TPSA) is 37.6 Å². The van der Waals surface area contributed by atoms with Crippen molar-refractivity contribution in [2.75, 3.05) is 18.0 Å². The normalized spacial score (nSPS) is 15.6. The van der Waals surface area contributed by atoms with Gasteiger partial charge in [-0.05, 0) is 48.7 Å². The molecule has 2 aromatic carbocycles. The number of para-hydroxylation sites is 2. The summed E-state index contributed by atoms with van der Waals surface area (Å²) in [5.41, 5.74) is 2.84. The molecule has 6 heteroatoms. The molecule has 26 heavy (non-hydrogen) atoms. The van der Waals surface area contributed by atoms with Crippen molar-refractivity contribution in [3.63, 3.8) is 0 Å². The monoisotopic (exact) mass is 365 g/mol. The van der Waals surface area contributed by atoms with E-state index in [4.69, 9.17) is 0 Å². The van der Waals surface area contributed by atoms with Crippen LogP contribution in [0.4, 0.5) is 10.1 Å². The maximum absolute atomic E-state index is 14.5. The lowest BCUT2D eigenvalue weighted by Crippen LogP contribution is -2.22. The van der Waals surface area contributed by atoms with E-state index in [1.807, 2.05) is 36.4 Å². The van der Waals surface area contributed by atoms with E-state index < -0.39 is 0 Å². The fraction of sp³-hybridized carbons (Fsp3) is 0.200. The van der Waals surface area contributed by atoms with Gasteiger partial charge < -0.3 is 4.90 Å². The first-order valence-corrected chi connectivity index (χ1v) is 9.48. The van der Waals surface area contributed by atoms with Gasteiger partial charge in [0.1, 0.15) is 5.82 Å². The Kier molecular flexibility index (Phi) is 3.53. The number of nitrogens with zero attached hydrogens (tertiary/aromatic N) is 3. The van der Waals surface area contributed by atoms with Crippen molar-refractivity contribution >= 4 is 39.1 Å². The first kappa shape index (κ1) is 15.5. The highest BCUT2D eigenvalue weighted by Crippen LogP contribution is 2.24. The van der Waals surface area contributed by atoms with Crippen molar-refractivity contribution < 1.29 is 4.39 Å². The minimum Gasteiger partial charge on any atom is -0.369 e. The van der Waals surface area contributed by atoms with Crippen LogP contribution in [0, 0.1) is 5.82 Å². The van der Waals surface area contributed by atoms with Gasteiger partial charge in [-0.3, -0.25) is 4.79 Å². The first-order chi connectivity index (χ1) is 12.7. The summed E-state index contributed by atoms with van der Waals surface area (Å²) in [6.45, 7) is 1.81. The van der Waals surface area contributed by atoms with E-state index in [1.54, 1.807) is 10.5 Å². The van der Waals surface area contributed by atoms with Gasteiger partial charge in [-0.1, -0.05) is 29.5 Å². The fourth-order valence-electron chi connectivity index (χ4n) is 3.59. The Balaban J connectivity index is 1.61. The molecule has 1 aliphatic rings. The van der Waals surface area contributed by atoms with E-state index in [2.05, 4.69) is 9.88 Å². The Bertz CT molecular complexity index is 1240. The van der Waals surface area contributed by atoms with Crippen molar-refractivity contribution in [2.24, 2.45) is 0 Å². The Hall–Kier alpha value is -2.73. The summed E-state index contributed by atoms with van der Waals surface area (Å²) in [6.07, 6.45) is 3.96. The fourth-order valence-corrected chi connectivity index (χ4v) is 4.58. The van der Waals surface area contributed by atoms with Gasteiger partial charge in [0.05, 0.1) is 21.3 Å². The van der Waals surface area contributed by atoms with E-state index >= 15 is 0 Å². The number of thiazole rings is 1. The molecule has 0 unspecified atom stereocenters. The molecule has 130 valence electrons. The third-order valence-corrected chi connectivity index (χ3v) is 5.83. The maximum atomic E-state index is 14.5. The SMILES string of the molecule is O=c1/c(=C\c2ccc(N3CCCC3)c(F)c2)sc2nc3ccccc3n12. The number of benzene rings is 2. The van der Waals surface area contributed by atoms with Crippen molar-refractivity contribution in [1.82, 2.24) is 9.38 Å². The second-order valence-corrected chi connectivity index (χ2v) is 7.55. The van der Waals surface area contributed by atoms with Crippen LogP contribution >= 0.6 is 11.3 Å². The molecule has 0 bridgehead atoms. The Morgan fingerprint density at radius 3 is 2.73 bits per heavy atom. The second-order valence-electron chi connectivity index (χ2n) is 6.54. The van der Waals surface area contributed by atoms with Gasteiger partial charge in [-0.25, -0.2) is 13.8 Å². The minimum atomic E-state index is -0.236. The predicted octanol–water partition coefficient (Wildman–Crippen LogP) is 3.20. The van der Waals surface area contributed by atoms with Gasteiger partial charge in [0.2, 0.25) is 0 Å². The number of hydrogen-bond acceptors (Lipinski definition) is 4. The van der Waals surface area contributed by atoms with Crippen LogP contribution in [0.5, 0.6) is 0 Å². The van der Waals surface area contributed by atoms with Crippen LogP contribution in [0.2, 0.25) is 0 Å². The van der Waals surface area contributed by atoms with E-state index in [-0.39, 0.29) is 11.4 Å². The summed E-state index contributed by atoms with van der Waals surface area (Å²) in [5.74, 6) is -0.236. The molecule has 0 saturated carbocycles.